The van der Waals surface area contributed by atoms with Crippen LogP contribution in [0.1, 0.15) is 36.9 Å². The lowest BCUT2D eigenvalue weighted by atomic mass is 9.95. The van der Waals surface area contributed by atoms with Gasteiger partial charge in [0.2, 0.25) is 11.8 Å². The third-order valence-corrected chi connectivity index (χ3v) is 8.17. The zero-order chi connectivity index (χ0) is 28.4. The largest absolute Gasteiger partial charge is 0.481 e. The Labute approximate surface area is 240 Å². The maximum atomic E-state index is 14.1. The number of para-hydroxylation sites is 1. The molecule has 5 rings (SSSR count). The van der Waals surface area contributed by atoms with Crippen molar-refractivity contribution in [3.63, 3.8) is 0 Å². The molecule has 3 aromatic rings. The number of fused-ring (bicyclic) bond motifs is 3. The highest BCUT2D eigenvalue weighted by Gasteiger charge is 2.43. The lowest BCUT2D eigenvalue weighted by molar-refractivity contribution is -0.142. The van der Waals surface area contributed by atoms with E-state index in [0.29, 0.717) is 36.5 Å². The zero-order valence-electron chi connectivity index (χ0n) is 21.6. The van der Waals surface area contributed by atoms with Crippen LogP contribution in [0.4, 0.5) is 10.5 Å². The van der Waals surface area contributed by atoms with Crippen molar-refractivity contribution >= 4 is 63.6 Å². The number of carbonyl (C=O) groups is 4. The number of carboxylic acid groups (broad SMARTS) is 1. The van der Waals surface area contributed by atoms with Crippen molar-refractivity contribution in [3.8, 4) is 0 Å². The molecule has 10 nitrogen and oxygen atoms in total. The summed E-state index contributed by atoms with van der Waals surface area (Å²) < 4.78 is 0. The molecule has 2 aliphatic heterocycles. The third-order valence-electron chi connectivity index (χ3n) is 7.43. The van der Waals surface area contributed by atoms with E-state index in [1.165, 1.54) is 4.90 Å². The van der Waals surface area contributed by atoms with E-state index < -0.39 is 24.1 Å². The van der Waals surface area contributed by atoms with Crippen molar-refractivity contribution in [2.24, 2.45) is 0 Å². The molecule has 4 amide bonds. The van der Waals surface area contributed by atoms with Gasteiger partial charge in [-0.1, -0.05) is 41.4 Å². The van der Waals surface area contributed by atoms with Crippen molar-refractivity contribution < 1.29 is 24.3 Å². The number of aromatic nitrogens is 1. The lowest BCUT2D eigenvalue weighted by Gasteiger charge is -2.38. The van der Waals surface area contributed by atoms with Gasteiger partial charge in [-0.3, -0.25) is 14.4 Å². The number of rotatable bonds is 7. The first kappa shape index (κ1) is 27.8. The maximum absolute atomic E-state index is 14.1. The van der Waals surface area contributed by atoms with E-state index in [1.54, 1.807) is 23.1 Å². The molecular formula is C28H29Cl2N5O5. The van der Waals surface area contributed by atoms with Crippen LogP contribution in [0.25, 0.3) is 10.9 Å². The molecule has 0 saturated carbocycles. The molecule has 3 heterocycles. The summed E-state index contributed by atoms with van der Waals surface area (Å²) >= 11 is 12.2. The first-order valence-electron chi connectivity index (χ1n) is 13.1. The molecule has 2 aliphatic rings. The van der Waals surface area contributed by atoms with Crippen LogP contribution in [0.3, 0.4) is 0 Å². The monoisotopic (exact) mass is 585 g/mol. The van der Waals surface area contributed by atoms with Gasteiger partial charge in [0.25, 0.3) is 0 Å². The van der Waals surface area contributed by atoms with Gasteiger partial charge in [0.1, 0.15) is 12.1 Å². The van der Waals surface area contributed by atoms with Crippen LogP contribution in [0.2, 0.25) is 10.0 Å². The predicted molar refractivity (Wildman–Crippen MR) is 151 cm³/mol. The first-order valence-corrected chi connectivity index (χ1v) is 13.9. The molecule has 210 valence electrons. The number of carboxylic acids is 1. The van der Waals surface area contributed by atoms with Gasteiger partial charge in [0, 0.05) is 48.2 Å². The Balaban J connectivity index is 1.40. The number of aliphatic carboxylic acids is 1. The number of amides is 4. The van der Waals surface area contributed by atoms with E-state index in [9.17, 15) is 19.2 Å². The van der Waals surface area contributed by atoms with Crippen LogP contribution in [-0.4, -0.2) is 68.9 Å². The molecule has 4 N–H and O–H groups in total. The number of carbonyl (C=O) groups excluding carboxylic acids is 3. The number of aromatic amines is 1. The number of H-pyrrole nitrogens is 1. The fourth-order valence-electron chi connectivity index (χ4n) is 5.47. The minimum atomic E-state index is -0.930. The van der Waals surface area contributed by atoms with Crippen LogP contribution in [0.5, 0.6) is 0 Å². The SMILES string of the molecule is O=C(O)CCCNC(=O)[C@@H]1CCCN1C(=O)[C@H]1Cc2c([nH]c3ccccc23)CN1C(=O)Nc1ccc(Cl)c(Cl)c1. The molecular weight excluding hydrogens is 557 g/mol. The van der Waals surface area contributed by atoms with Crippen molar-refractivity contribution in [2.75, 3.05) is 18.4 Å². The summed E-state index contributed by atoms with van der Waals surface area (Å²) in [7, 11) is 0. The second kappa shape index (κ2) is 11.8. The lowest BCUT2D eigenvalue weighted by Crippen LogP contribution is -2.57. The van der Waals surface area contributed by atoms with E-state index in [-0.39, 0.29) is 42.8 Å². The molecule has 2 aromatic carbocycles. The third kappa shape index (κ3) is 5.73. The van der Waals surface area contributed by atoms with Gasteiger partial charge in [-0.05, 0) is 49.1 Å². The van der Waals surface area contributed by atoms with Crippen molar-refractivity contribution in [3.05, 3.63) is 63.8 Å². The Hall–Kier alpha value is -3.76. The van der Waals surface area contributed by atoms with Gasteiger partial charge in [0.15, 0.2) is 0 Å². The first-order chi connectivity index (χ1) is 19.2. The molecule has 1 aromatic heterocycles. The molecule has 1 saturated heterocycles. The molecule has 12 heteroatoms. The van der Waals surface area contributed by atoms with E-state index in [2.05, 4.69) is 15.6 Å². The molecule has 0 unspecified atom stereocenters. The number of hydrogen-bond acceptors (Lipinski definition) is 4. The molecule has 1 fully saturated rings. The number of halogens is 2. The van der Waals surface area contributed by atoms with Crippen LogP contribution in [0.15, 0.2) is 42.5 Å². The fraction of sp³-hybridized carbons (Fsp3) is 0.357. The average molecular weight is 586 g/mol. The summed E-state index contributed by atoms with van der Waals surface area (Å²) in [5, 5.41) is 16.1. The second-order valence-electron chi connectivity index (χ2n) is 10.0. The van der Waals surface area contributed by atoms with Crippen molar-refractivity contribution in [1.82, 2.24) is 20.1 Å². The minimum absolute atomic E-state index is 0.0501. The van der Waals surface area contributed by atoms with Gasteiger partial charge < -0.3 is 30.5 Å². The summed E-state index contributed by atoms with van der Waals surface area (Å²) in [6.45, 7) is 0.781. The summed E-state index contributed by atoms with van der Waals surface area (Å²) in [6, 6.07) is 10.6. The minimum Gasteiger partial charge on any atom is -0.481 e. The standard InChI is InChI=1S/C28H29Cl2N5O5/c29-19-10-9-16(13-20(19)30)32-28(40)35-15-22-18(17-5-1-2-6-21(17)33-22)14-24(35)27(39)34-12-4-7-23(34)26(38)31-11-3-8-25(36)37/h1-2,5-6,9-10,13,23-24,33H,3-4,7-8,11-12,14-15H2,(H,31,38)(H,32,40)(H,36,37)/t23-,24+/m0/s1. The number of hydrogen-bond donors (Lipinski definition) is 4. The highest BCUT2D eigenvalue weighted by Crippen LogP contribution is 2.33. The van der Waals surface area contributed by atoms with Crippen LogP contribution in [0, 0.1) is 0 Å². The normalized spacial score (nSPS) is 18.4. The van der Waals surface area contributed by atoms with Crippen LogP contribution in [-0.2, 0) is 27.3 Å². The van der Waals surface area contributed by atoms with E-state index in [4.69, 9.17) is 28.3 Å². The van der Waals surface area contributed by atoms with Gasteiger partial charge in [0.05, 0.1) is 16.6 Å². The Kier molecular flexibility index (Phi) is 8.18. The molecule has 0 aliphatic carbocycles. The van der Waals surface area contributed by atoms with Gasteiger partial charge in [-0.25, -0.2) is 4.79 Å². The highest BCUT2D eigenvalue weighted by atomic mass is 35.5. The molecule has 0 bridgehead atoms. The maximum Gasteiger partial charge on any atom is 0.322 e. The van der Waals surface area contributed by atoms with E-state index >= 15 is 0 Å². The smallest absolute Gasteiger partial charge is 0.322 e. The fourth-order valence-corrected chi connectivity index (χ4v) is 5.77. The van der Waals surface area contributed by atoms with Gasteiger partial charge in [-0.15, -0.1) is 0 Å². The average Bonchev–Trinajstić information content (AvgIpc) is 3.57. The second-order valence-corrected chi connectivity index (χ2v) is 10.8. The Morgan fingerprint density at radius 1 is 1.02 bits per heavy atom. The molecule has 40 heavy (non-hydrogen) atoms. The Morgan fingerprint density at radius 2 is 1.82 bits per heavy atom. The van der Waals surface area contributed by atoms with Gasteiger partial charge in [-0.2, -0.15) is 0 Å². The molecule has 0 radical (unpaired) electrons. The van der Waals surface area contributed by atoms with Gasteiger partial charge >= 0.3 is 12.0 Å². The zero-order valence-corrected chi connectivity index (χ0v) is 23.1. The number of benzene rings is 2. The van der Waals surface area contributed by atoms with Crippen LogP contribution >= 0.6 is 23.2 Å². The summed E-state index contributed by atoms with van der Waals surface area (Å²) in [5.74, 6) is -1.55. The van der Waals surface area contributed by atoms with Crippen LogP contribution < -0.4 is 10.6 Å². The Bertz CT molecular complexity index is 1470. The van der Waals surface area contributed by atoms with E-state index in [0.717, 1.165) is 22.2 Å². The van der Waals surface area contributed by atoms with Crippen molar-refractivity contribution in [2.45, 2.75) is 50.7 Å². The number of anilines is 1. The summed E-state index contributed by atoms with van der Waals surface area (Å²) in [5.41, 5.74) is 3.18. The number of nitrogens with one attached hydrogen (secondary N) is 3. The predicted octanol–water partition coefficient (Wildman–Crippen LogP) is 4.41. The van der Waals surface area contributed by atoms with Crippen molar-refractivity contribution in [1.29, 1.82) is 0 Å². The number of nitrogens with zero attached hydrogens (tertiary/aromatic N) is 2. The molecule has 0 spiro atoms. The quantitative estimate of drug-likeness (QED) is 0.305. The topological polar surface area (TPSA) is 135 Å². The summed E-state index contributed by atoms with van der Waals surface area (Å²) in [4.78, 5) is 57.8. The summed E-state index contributed by atoms with van der Waals surface area (Å²) in [6.07, 6.45) is 1.69. The highest BCUT2D eigenvalue weighted by molar-refractivity contribution is 6.42. The number of urea groups is 1. The molecule has 2 atom stereocenters. The Morgan fingerprint density at radius 3 is 2.60 bits per heavy atom. The van der Waals surface area contributed by atoms with E-state index in [1.807, 2.05) is 24.3 Å². The number of likely N-dealkylation sites (tertiary alicyclic amines) is 1.